The Morgan fingerprint density at radius 2 is 1.73 bits per heavy atom. The van der Waals surface area contributed by atoms with Crippen molar-refractivity contribution in [2.45, 2.75) is 13.3 Å². The second-order valence-electron chi connectivity index (χ2n) is 7.58. The van der Waals surface area contributed by atoms with Crippen molar-refractivity contribution in [2.24, 2.45) is 0 Å². The van der Waals surface area contributed by atoms with Crippen molar-refractivity contribution in [3.8, 4) is 0 Å². The summed E-state index contributed by atoms with van der Waals surface area (Å²) in [5.74, 6) is 0. The van der Waals surface area contributed by atoms with Crippen molar-refractivity contribution in [3.05, 3.63) is 112 Å². The number of rotatable bonds is 4. The van der Waals surface area contributed by atoms with Gasteiger partial charge >= 0.3 is 0 Å². The maximum Gasteiger partial charge on any atom is 0.293 e. The third-order valence-corrected chi connectivity index (χ3v) is 5.55. The van der Waals surface area contributed by atoms with Gasteiger partial charge in [-0.15, -0.1) is 0 Å². The molecule has 0 amide bonds. The van der Waals surface area contributed by atoms with Crippen LogP contribution in [-0.4, -0.2) is 4.92 Å². The summed E-state index contributed by atoms with van der Waals surface area (Å²) in [6, 6.07) is 25.7. The van der Waals surface area contributed by atoms with Gasteiger partial charge in [-0.2, -0.15) is 0 Å². The quantitative estimate of drug-likeness (QED) is 0.275. The molecule has 0 saturated heterocycles. The normalized spacial score (nSPS) is 12.2. The monoisotopic (exact) mass is 392 g/mol. The number of nitrogens with zero attached hydrogens (tertiary/aromatic N) is 2. The standard InChI is InChI=1S/C26H20N2O2/c1-18-13-14-24(28(29)30)25(15-18)27(22-11-3-2-4-12-22)23-16-20-9-5-7-19-8-6-10-21(17-23)26(19)20/h2-9,11-17H,10H2,1H3. The number of benzene rings is 4. The van der Waals surface area contributed by atoms with E-state index in [0.717, 1.165) is 28.7 Å². The molecule has 4 nitrogen and oxygen atoms in total. The molecule has 0 atom stereocenters. The first kappa shape index (κ1) is 18.1. The summed E-state index contributed by atoms with van der Waals surface area (Å²) in [5, 5.41) is 14.3. The van der Waals surface area contributed by atoms with Gasteiger partial charge in [-0.05, 0) is 71.1 Å². The molecule has 4 aromatic rings. The third-order valence-electron chi connectivity index (χ3n) is 5.55. The molecule has 1 aliphatic rings. The van der Waals surface area contributed by atoms with E-state index in [1.165, 1.54) is 16.5 Å². The lowest BCUT2D eigenvalue weighted by Gasteiger charge is -2.27. The second kappa shape index (κ2) is 7.16. The highest BCUT2D eigenvalue weighted by atomic mass is 16.6. The average molecular weight is 392 g/mol. The van der Waals surface area contributed by atoms with Gasteiger partial charge in [-0.3, -0.25) is 10.1 Å². The fourth-order valence-corrected chi connectivity index (χ4v) is 4.24. The zero-order valence-corrected chi connectivity index (χ0v) is 16.6. The summed E-state index contributed by atoms with van der Waals surface area (Å²) in [5.41, 5.74) is 5.89. The zero-order valence-electron chi connectivity index (χ0n) is 16.6. The van der Waals surface area contributed by atoms with Crippen LogP contribution in [0.2, 0.25) is 0 Å². The van der Waals surface area contributed by atoms with Crippen molar-refractivity contribution in [1.82, 2.24) is 0 Å². The molecule has 4 aromatic carbocycles. The molecule has 4 heteroatoms. The molecule has 0 aromatic heterocycles. The predicted octanol–water partition coefficient (Wildman–Crippen LogP) is 7.10. The largest absolute Gasteiger partial charge is 0.304 e. The lowest BCUT2D eigenvalue weighted by atomic mass is 9.92. The predicted molar refractivity (Wildman–Crippen MR) is 123 cm³/mol. The first-order valence-corrected chi connectivity index (χ1v) is 9.94. The highest BCUT2D eigenvalue weighted by molar-refractivity contribution is 5.98. The third kappa shape index (κ3) is 3.03. The number of nitro groups is 1. The lowest BCUT2D eigenvalue weighted by Crippen LogP contribution is -2.13. The van der Waals surface area contributed by atoms with Crippen molar-refractivity contribution >= 4 is 39.6 Å². The van der Waals surface area contributed by atoms with E-state index in [0.29, 0.717) is 5.69 Å². The Kier molecular flexibility index (Phi) is 4.32. The fraction of sp³-hybridized carbons (Fsp3) is 0.0769. The minimum absolute atomic E-state index is 0.0897. The number of para-hydroxylation sites is 1. The van der Waals surface area contributed by atoms with Crippen LogP contribution in [0.15, 0.2) is 84.9 Å². The number of hydrogen-bond acceptors (Lipinski definition) is 3. The van der Waals surface area contributed by atoms with Gasteiger partial charge in [0.15, 0.2) is 0 Å². The molecule has 1 aliphatic carbocycles. The first-order chi connectivity index (χ1) is 14.6. The van der Waals surface area contributed by atoms with Crippen molar-refractivity contribution in [2.75, 3.05) is 4.90 Å². The van der Waals surface area contributed by atoms with Gasteiger partial charge in [0.25, 0.3) is 5.69 Å². The minimum Gasteiger partial charge on any atom is -0.304 e. The SMILES string of the molecule is Cc1ccc([N+](=O)[O-])c(N(c2ccccc2)c2cc3c4c(cccc4c2)C=CC3)c1. The van der Waals surface area contributed by atoms with E-state index in [1.807, 2.05) is 48.2 Å². The molecule has 0 spiro atoms. The van der Waals surface area contributed by atoms with E-state index in [2.05, 4.69) is 42.5 Å². The van der Waals surface area contributed by atoms with Crippen LogP contribution in [0, 0.1) is 17.0 Å². The maximum atomic E-state index is 11.9. The number of aryl methyl sites for hydroxylation is 1. The van der Waals surface area contributed by atoms with Crippen LogP contribution in [0.4, 0.5) is 22.7 Å². The number of hydrogen-bond donors (Lipinski definition) is 0. The molecule has 30 heavy (non-hydrogen) atoms. The first-order valence-electron chi connectivity index (χ1n) is 9.94. The zero-order chi connectivity index (χ0) is 20.7. The molecule has 0 fully saturated rings. The van der Waals surface area contributed by atoms with Gasteiger partial charge in [-0.25, -0.2) is 0 Å². The van der Waals surface area contributed by atoms with Crippen LogP contribution in [-0.2, 0) is 6.42 Å². The number of anilines is 3. The van der Waals surface area contributed by atoms with Crippen LogP contribution < -0.4 is 4.90 Å². The molecule has 0 N–H and O–H groups in total. The summed E-state index contributed by atoms with van der Waals surface area (Å²) in [4.78, 5) is 13.5. The molecule has 0 bridgehead atoms. The average Bonchev–Trinajstić information content (AvgIpc) is 2.75. The Morgan fingerprint density at radius 1 is 0.900 bits per heavy atom. The van der Waals surface area contributed by atoms with Crippen LogP contribution in [0.25, 0.3) is 16.8 Å². The van der Waals surface area contributed by atoms with Gasteiger partial charge in [0.2, 0.25) is 0 Å². The van der Waals surface area contributed by atoms with Crippen molar-refractivity contribution in [3.63, 3.8) is 0 Å². The Labute approximate surface area is 174 Å². The van der Waals surface area contributed by atoms with Gasteiger partial charge in [-0.1, -0.05) is 54.6 Å². The lowest BCUT2D eigenvalue weighted by molar-refractivity contribution is -0.384. The molecule has 0 saturated carbocycles. The molecule has 0 radical (unpaired) electrons. The number of nitro benzene ring substituents is 1. The summed E-state index contributed by atoms with van der Waals surface area (Å²) < 4.78 is 0. The second-order valence-corrected chi connectivity index (χ2v) is 7.58. The summed E-state index contributed by atoms with van der Waals surface area (Å²) in [6.45, 7) is 1.96. The van der Waals surface area contributed by atoms with E-state index in [9.17, 15) is 10.1 Å². The Hall–Kier alpha value is -3.92. The highest BCUT2D eigenvalue weighted by Crippen LogP contribution is 2.42. The molecule has 0 aliphatic heterocycles. The Morgan fingerprint density at radius 3 is 2.53 bits per heavy atom. The highest BCUT2D eigenvalue weighted by Gasteiger charge is 2.24. The molecule has 5 rings (SSSR count). The van der Waals surface area contributed by atoms with E-state index < -0.39 is 0 Å². The van der Waals surface area contributed by atoms with E-state index in [4.69, 9.17) is 0 Å². The topological polar surface area (TPSA) is 46.4 Å². The fourth-order valence-electron chi connectivity index (χ4n) is 4.24. The van der Waals surface area contributed by atoms with Gasteiger partial charge in [0.1, 0.15) is 5.69 Å². The van der Waals surface area contributed by atoms with Gasteiger partial charge in [0, 0.05) is 17.4 Å². The van der Waals surface area contributed by atoms with Crippen LogP contribution >= 0.6 is 0 Å². The van der Waals surface area contributed by atoms with Gasteiger partial charge in [0.05, 0.1) is 4.92 Å². The molecule has 0 heterocycles. The van der Waals surface area contributed by atoms with Crippen molar-refractivity contribution in [1.29, 1.82) is 0 Å². The molecule has 0 unspecified atom stereocenters. The maximum absolute atomic E-state index is 11.9. The summed E-state index contributed by atoms with van der Waals surface area (Å²) in [6.07, 6.45) is 5.18. The molecule has 146 valence electrons. The van der Waals surface area contributed by atoms with E-state index in [1.54, 1.807) is 12.1 Å². The molecular weight excluding hydrogens is 372 g/mol. The Bertz CT molecular complexity index is 1310. The van der Waals surface area contributed by atoms with E-state index in [-0.39, 0.29) is 10.6 Å². The summed E-state index contributed by atoms with van der Waals surface area (Å²) in [7, 11) is 0. The smallest absolute Gasteiger partial charge is 0.293 e. The summed E-state index contributed by atoms with van der Waals surface area (Å²) >= 11 is 0. The van der Waals surface area contributed by atoms with Crippen LogP contribution in [0.3, 0.4) is 0 Å². The van der Waals surface area contributed by atoms with E-state index >= 15 is 0 Å². The van der Waals surface area contributed by atoms with Crippen molar-refractivity contribution < 1.29 is 4.92 Å². The van der Waals surface area contributed by atoms with Crippen LogP contribution in [0.1, 0.15) is 16.7 Å². The molecular formula is C26H20N2O2. The number of allylic oxidation sites excluding steroid dienone is 1. The van der Waals surface area contributed by atoms with Gasteiger partial charge < -0.3 is 4.90 Å². The Balaban J connectivity index is 1.80. The minimum atomic E-state index is -0.309. The van der Waals surface area contributed by atoms with Crippen LogP contribution in [0.5, 0.6) is 0 Å².